The number of aromatic nitrogens is 4. The van der Waals surface area contributed by atoms with Gasteiger partial charge in [0.1, 0.15) is 10.7 Å². The van der Waals surface area contributed by atoms with Crippen LogP contribution in [0, 0.1) is 5.92 Å². The van der Waals surface area contributed by atoms with E-state index >= 15 is 0 Å². The van der Waals surface area contributed by atoms with Crippen LogP contribution in [0.1, 0.15) is 37.3 Å². The van der Waals surface area contributed by atoms with E-state index in [9.17, 15) is 8.42 Å². The smallest absolute Gasteiger partial charge is 0.180 e. The van der Waals surface area contributed by atoms with Gasteiger partial charge in [-0.2, -0.15) is 9.61 Å². The highest BCUT2D eigenvalue weighted by molar-refractivity contribution is 7.91. The number of fused-ring (bicyclic) bond motifs is 5. The zero-order chi connectivity index (χ0) is 24.2. The van der Waals surface area contributed by atoms with E-state index in [4.69, 9.17) is 10.7 Å². The highest BCUT2D eigenvalue weighted by atomic mass is 32.2. The number of anilines is 1. The number of hydrogen-bond donors (Lipinski definition) is 2. The van der Waals surface area contributed by atoms with Crippen molar-refractivity contribution in [1.29, 1.82) is 0 Å². The number of nitrogens with one attached hydrogen (secondary N) is 1. The standard InChI is InChI=1S/C26H28N6O2S/c1-35(33,34)24-23(19-11-16-7-9-20(12-19)28-13-16)31-26-21(15-30-32(26)25(24)27)18-8-10-22(29-14-18)17-5-3-2-4-6-17/h2-6,8,10,14-16,19-20,28H,7,9,11-13,27H2,1H3. The number of rotatable bonds is 4. The summed E-state index contributed by atoms with van der Waals surface area (Å²) in [5.41, 5.74) is 11.2. The second-order valence-electron chi connectivity index (χ2n) is 9.79. The predicted molar refractivity (Wildman–Crippen MR) is 136 cm³/mol. The van der Waals surface area contributed by atoms with E-state index in [-0.39, 0.29) is 16.6 Å². The Morgan fingerprint density at radius 3 is 2.54 bits per heavy atom. The molecule has 0 spiro atoms. The Bertz CT molecular complexity index is 1480. The van der Waals surface area contributed by atoms with E-state index in [0.717, 1.165) is 54.6 Å². The minimum absolute atomic E-state index is 0.0286. The van der Waals surface area contributed by atoms with Gasteiger partial charge in [0.05, 0.1) is 17.6 Å². The fourth-order valence-electron chi connectivity index (χ4n) is 5.65. The van der Waals surface area contributed by atoms with Crippen LogP contribution in [0.3, 0.4) is 0 Å². The first-order valence-electron chi connectivity index (χ1n) is 12.0. The van der Waals surface area contributed by atoms with Gasteiger partial charge >= 0.3 is 0 Å². The molecule has 3 aliphatic rings. The molecule has 2 saturated heterocycles. The summed E-state index contributed by atoms with van der Waals surface area (Å²) in [6.07, 6.45) is 8.74. The van der Waals surface area contributed by atoms with E-state index in [1.807, 2.05) is 42.5 Å². The van der Waals surface area contributed by atoms with Crippen molar-refractivity contribution in [2.45, 2.75) is 42.5 Å². The zero-order valence-corrected chi connectivity index (χ0v) is 20.4. The molecule has 3 fully saturated rings. The van der Waals surface area contributed by atoms with Crippen molar-refractivity contribution in [2.75, 3.05) is 18.5 Å². The molecule has 5 heterocycles. The molecule has 7 rings (SSSR count). The minimum Gasteiger partial charge on any atom is -0.382 e. The largest absolute Gasteiger partial charge is 0.382 e. The summed E-state index contributed by atoms with van der Waals surface area (Å²) in [6.45, 7) is 0.977. The quantitative estimate of drug-likeness (QED) is 0.450. The maximum Gasteiger partial charge on any atom is 0.180 e. The Kier molecular flexibility index (Phi) is 5.34. The number of nitrogen functional groups attached to an aromatic ring is 1. The first-order chi connectivity index (χ1) is 16.9. The number of piperidine rings is 1. The van der Waals surface area contributed by atoms with Crippen LogP contribution in [-0.4, -0.2) is 46.8 Å². The molecule has 1 aliphatic carbocycles. The molecule has 0 amide bonds. The molecule has 1 aromatic carbocycles. The molecule has 1 saturated carbocycles. The van der Waals surface area contributed by atoms with Gasteiger partial charge in [0.15, 0.2) is 15.5 Å². The molecule has 3 unspecified atom stereocenters. The molecule has 8 nitrogen and oxygen atoms in total. The molecule has 2 bridgehead atoms. The molecule has 3 aromatic heterocycles. The molecule has 2 aliphatic heterocycles. The number of benzene rings is 1. The van der Waals surface area contributed by atoms with Gasteiger partial charge in [0, 0.05) is 41.1 Å². The lowest BCUT2D eigenvalue weighted by Gasteiger charge is -2.24. The summed E-state index contributed by atoms with van der Waals surface area (Å²) in [7, 11) is -3.60. The van der Waals surface area contributed by atoms with Crippen molar-refractivity contribution in [3.63, 3.8) is 0 Å². The molecule has 180 valence electrons. The maximum atomic E-state index is 12.9. The molecule has 35 heavy (non-hydrogen) atoms. The van der Waals surface area contributed by atoms with Gasteiger partial charge in [-0.15, -0.1) is 0 Å². The molecule has 4 aromatic rings. The molecule has 0 radical (unpaired) electrons. The van der Waals surface area contributed by atoms with Crippen molar-refractivity contribution < 1.29 is 8.42 Å². The Hall–Kier alpha value is -3.30. The molecular weight excluding hydrogens is 460 g/mol. The lowest BCUT2D eigenvalue weighted by Crippen LogP contribution is -2.35. The molecule has 9 heteroatoms. The average Bonchev–Trinajstić information content (AvgIpc) is 3.05. The van der Waals surface area contributed by atoms with Crippen molar-refractivity contribution in [3.05, 3.63) is 60.6 Å². The van der Waals surface area contributed by atoms with Crippen LogP contribution in [0.2, 0.25) is 0 Å². The Morgan fingerprint density at radius 1 is 1.03 bits per heavy atom. The van der Waals surface area contributed by atoms with E-state index in [1.165, 1.54) is 10.8 Å². The zero-order valence-electron chi connectivity index (χ0n) is 19.6. The van der Waals surface area contributed by atoms with Crippen molar-refractivity contribution in [3.8, 4) is 22.4 Å². The summed E-state index contributed by atoms with van der Waals surface area (Å²) in [6, 6.07) is 14.3. The van der Waals surface area contributed by atoms with Crippen LogP contribution in [-0.2, 0) is 9.84 Å². The highest BCUT2D eigenvalue weighted by Crippen LogP contribution is 2.41. The first kappa shape index (κ1) is 22.2. The van der Waals surface area contributed by atoms with Gasteiger partial charge in [0.25, 0.3) is 0 Å². The van der Waals surface area contributed by atoms with Gasteiger partial charge in [-0.05, 0) is 44.2 Å². The average molecular weight is 489 g/mol. The molecular formula is C26H28N6O2S. The fourth-order valence-corrected chi connectivity index (χ4v) is 6.71. The third-order valence-electron chi connectivity index (χ3n) is 7.37. The highest BCUT2D eigenvalue weighted by Gasteiger charge is 2.36. The third-order valence-corrected chi connectivity index (χ3v) is 8.53. The summed E-state index contributed by atoms with van der Waals surface area (Å²) in [5.74, 6) is 0.669. The van der Waals surface area contributed by atoms with E-state index in [2.05, 4.69) is 15.4 Å². The molecule has 3 N–H and O–H groups in total. The predicted octanol–water partition coefficient (Wildman–Crippen LogP) is 3.69. The summed E-state index contributed by atoms with van der Waals surface area (Å²) in [5, 5.41) is 8.03. The summed E-state index contributed by atoms with van der Waals surface area (Å²) in [4.78, 5) is 9.73. The van der Waals surface area contributed by atoms with E-state index < -0.39 is 9.84 Å². The monoisotopic (exact) mass is 488 g/mol. The van der Waals surface area contributed by atoms with Gasteiger partial charge in [-0.1, -0.05) is 36.4 Å². The Balaban J connectivity index is 1.48. The number of hydrogen-bond acceptors (Lipinski definition) is 7. The number of pyridine rings is 1. The second kappa shape index (κ2) is 8.42. The lowest BCUT2D eigenvalue weighted by molar-refractivity contribution is 0.342. The topological polar surface area (TPSA) is 115 Å². The maximum absolute atomic E-state index is 12.9. The number of nitrogens with two attached hydrogens (primary N) is 1. The van der Waals surface area contributed by atoms with Crippen LogP contribution >= 0.6 is 0 Å². The molecule has 3 atom stereocenters. The SMILES string of the molecule is CS(=O)(=O)c1c(C2CC3CCC(C2)NC3)nc2c(-c3ccc(-c4ccccc4)nc3)cnn2c1N. The summed E-state index contributed by atoms with van der Waals surface area (Å²) < 4.78 is 27.2. The number of nitrogens with zero attached hydrogens (tertiary/aromatic N) is 4. The van der Waals surface area contributed by atoms with Gasteiger partial charge < -0.3 is 11.1 Å². The van der Waals surface area contributed by atoms with Gasteiger partial charge in [-0.3, -0.25) is 4.98 Å². The van der Waals surface area contributed by atoms with Crippen LogP contribution < -0.4 is 11.1 Å². The third kappa shape index (κ3) is 3.98. The lowest BCUT2D eigenvalue weighted by atomic mass is 9.91. The Labute approximate surface area is 204 Å². The van der Waals surface area contributed by atoms with E-state index in [0.29, 0.717) is 23.3 Å². The van der Waals surface area contributed by atoms with Crippen LogP contribution in [0.25, 0.3) is 28.0 Å². The number of sulfone groups is 1. The van der Waals surface area contributed by atoms with Crippen molar-refractivity contribution in [1.82, 2.24) is 24.9 Å². The van der Waals surface area contributed by atoms with E-state index in [1.54, 1.807) is 12.4 Å². The fraction of sp³-hybridized carbons (Fsp3) is 0.346. The first-order valence-corrected chi connectivity index (χ1v) is 13.9. The Morgan fingerprint density at radius 2 is 1.86 bits per heavy atom. The van der Waals surface area contributed by atoms with Crippen LogP contribution in [0.5, 0.6) is 0 Å². The summed E-state index contributed by atoms with van der Waals surface area (Å²) >= 11 is 0. The van der Waals surface area contributed by atoms with Crippen LogP contribution in [0.15, 0.2) is 59.8 Å². The second-order valence-corrected chi connectivity index (χ2v) is 11.7. The van der Waals surface area contributed by atoms with Gasteiger partial charge in [0.2, 0.25) is 0 Å². The normalized spacial score (nSPS) is 22.4. The van der Waals surface area contributed by atoms with Crippen LogP contribution in [0.4, 0.5) is 5.82 Å². The van der Waals surface area contributed by atoms with Crippen molar-refractivity contribution in [2.24, 2.45) is 5.92 Å². The minimum atomic E-state index is -3.60. The van der Waals surface area contributed by atoms with Crippen molar-refractivity contribution >= 4 is 21.3 Å². The van der Waals surface area contributed by atoms with Gasteiger partial charge in [-0.25, -0.2) is 13.4 Å².